The van der Waals surface area contributed by atoms with Crippen molar-refractivity contribution in [1.82, 2.24) is 14.9 Å². The monoisotopic (exact) mass is 545 g/mol. The lowest BCUT2D eigenvalue weighted by Gasteiger charge is -2.38. The van der Waals surface area contributed by atoms with Crippen molar-refractivity contribution in [3.63, 3.8) is 0 Å². The molecule has 1 aromatic heterocycles. The number of nitrogens with zero attached hydrogens (tertiary/aromatic N) is 3. The summed E-state index contributed by atoms with van der Waals surface area (Å²) in [6.45, 7) is 2.35. The van der Waals surface area contributed by atoms with Crippen LogP contribution < -0.4 is 9.47 Å². The third kappa shape index (κ3) is 6.09. The summed E-state index contributed by atoms with van der Waals surface area (Å²) in [5.74, 6) is 0.349. The highest BCUT2D eigenvalue weighted by atomic mass is 16.5. The Kier molecular flexibility index (Phi) is 8.91. The maximum absolute atomic E-state index is 14.3. The zero-order chi connectivity index (χ0) is 27.9. The summed E-state index contributed by atoms with van der Waals surface area (Å²) in [6, 6.07) is 12.4. The van der Waals surface area contributed by atoms with Gasteiger partial charge in [0, 0.05) is 30.9 Å². The van der Waals surface area contributed by atoms with Gasteiger partial charge in [-0.3, -0.25) is 14.8 Å². The molecule has 2 aliphatic rings. The van der Waals surface area contributed by atoms with E-state index in [1.165, 1.54) is 0 Å². The van der Waals surface area contributed by atoms with Crippen molar-refractivity contribution in [2.75, 3.05) is 13.7 Å². The molecule has 1 aliphatic heterocycles. The van der Waals surface area contributed by atoms with E-state index in [1.54, 1.807) is 37.5 Å². The molecule has 40 heavy (non-hydrogen) atoms. The summed E-state index contributed by atoms with van der Waals surface area (Å²) in [4.78, 5) is 37.6. The summed E-state index contributed by atoms with van der Waals surface area (Å²) >= 11 is 0. The Labute approximate surface area is 234 Å². The molecule has 0 N–H and O–H groups in total. The number of fused-ring (bicyclic) bond motifs is 1. The van der Waals surface area contributed by atoms with Crippen LogP contribution in [0, 0.1) is 0 Å². The quantitative estimate of drug-likeness (QED) is 0.341. The van der Waals surface area contributed by atoms with E-state index in [2.05, 4.69) is 9.97 Å². The first-order valence-electron chi connectivity index (χ1n) is 13.8. The molecule has 9 nitrogen and oxygen atoms in total. The van der Waals surface area contributed by atoms with Gasteiger partial charge >= 0.3 is 5.97 Å². The van der Waals surface area contributed by atoms with Crippen LogP contribution >= 0.6 is 0 Å². The zero-order valence-electron chi connectivity index (χ0n) is 23.0. The van der Waals surface area contributed by atoms with E-state index in [-0.39, 0.29) is 38.2 Å². The summed E-state index contributed by atoms with van der Waals surface area (Å²) in [7, 11) is 1.57. The summed E-state index contributed by atoms with van der Waals surface area (Å²) in [5, 5.41) is 0. The van der Waals surface area contributed by atoms with Crippen molar-refractivity contribution in [3.05, 3.63) is 83.4 Å². The number of rotatable bonds is 10. The third-order valence-electron chi connectivity index (χ3n) is 7.44. The van der Waals surface area contributed by atoms with Gasteiger partial charge in [-0.2, -0.15) is 0 Å². The first-order valence-corrected chi connectivity index (χ1v) is 13.8. The van der Waals surface area contributed by atoms with Gasteiger partial charge in [0.25, 0.3) is 5.91 Å². The zero-order valence-corrected chi connectivity index (χ0v) is 23.0. The standard InChI is InChI=1S/C31H35N3O6/c1-3-38-31(36)26-17-25-22(13-14-27(37-2)29(25)39-20-23-18-32-15-16-33-23)19-34(26)30(35)28(21-9-5-4-6-10-21)40-24-11-7-8-12-24/h4-6,9-10,13-16,18,24,26,28H,3,7-8,11-12,17,19-20H2,1-2H3. The number of carbonyl (C=O) groups excluding carboxylic acids is 2. The minimum Gasteiger partial charge on any atom is -0.493 e. The van der Waals surface area contributed by atoms with Crippen LogP contribution in [0.1, 0.15) is 61.1 Å². The molecule has 0 bridgehead atoms. The molecule has 2 unspecified atom stereocenters. The van der Waals surface area contributed by atoms with Crippen LogP contribution in [-0.4, -0.2) is 52.6 Å². The number of methoxy groups -OCH3 is 1. The fourth-order valence-electron chi connectivity index (χ4n) is 5.44. The minimum atomic E-state index is -0.843. The molecular weight excluding hydrogens is 510 g/mol. The first kappa shape index (κ1) is 27.6. The highest BCUT2D eigenvalue weighted by Crippen LogP contribution is 2.40. The molecule has 1 fully saturated rings. The van der Waals surface area contributed by atoms with Crippen molar-refractivity contribution in [2.45, 2.75) is 70.4 Å². The second-order valence-corrected chi connectivity index (χ2v) is 9.99. The molecule has 1 aliphatic carbocycles. The van der Waals surface area contributed by atoms with Gasteiger partial charge < -0.3 is 23.8 Å². The Morgan fingerprint density at radius 1 is 1.07 bits per heavy atom. The third-order valence-corrected chi connectivity index (χ3v) is 7.44. The molecular formula is C31H35N3O6. The first-order chi connectivity index (χ1) is 19.6. The summed E-state index contributed by atoms with van der Waals surface area (Å²) in [6.07, 6.45) is 8.28. The SMILES string of the molecule is CCOC(=O)C1Cc2c(ccc(OC)c2OCc2cnccn2)CN1C(=O)C(OC1CCCC1)c1ccccc1. The van der Waals surface area contributed by atoms with Crippen molar-refractivity contribution < 1.29 is 28.5 Å². The lowest BCUT2D eigenvalue weighted by Crippen LogP contribution is -2.51. The van der Waals surface area contributed by atoms with E-state index in [4.69, 9.17) is 18.9 Å². The Morgan fingerprint density at radius 2 is 1.88 bits per heavy atom. The van der Waals surface area contributed by atoms with Crippen LogP contribution in [0.15, 0.2) is 61.1 Å². The average molecular weight is 546 g/mol. The molecule has 2 heterocycles. The predicted molar refractivity (Wildman–Crippen MR) is 147 cm³/mol. The Morgan fingerprint density at radius 3 is 2.58 bits per heavy atom. The molecule has 2 aromatic carbocycles. The molecule has 0 radical (unpaired) electrons. The highest BCUT2D eigenvalue weighted by Gasteiger charge is 2.41. The summed E-state index contributed by atoms with van der Waals surface area (Å²) in [5.41, 5.74) is 3.11. The Bertz CT molecular complexity index is 1300. The van der Waals surface area contributed by atoms with Crippen LogP contribution in [0.5, 0.6) is 11.5 Å². The molecule has 9 heteroatoms. The number of aromatic nitrogens is 2. The molecule has 0 saturated heterocycles. The van der Waals surface area contributed by atoms with Gasteiger partial charge in [-0.1, -0.05) is 49.2 Å². The smallest absolute Gasteiger partial charge is 0.329 e. The Balaban J connectivity index is 1.49. The van der Waals surface area contributed by atoms with Gasteiger partial charge in [0.05, 0.1) is 31.7 Å². The van der Waals surface area contributed by atoms with Crippen molar-refractivity contribution in [3.8, 4) is 11.5 Å². The topological polar surface area (TPSA) is 100 Å². The van der Waals surface area contributed by atoms with E-state index in [0.29, 0.717) is 17.2 Å². The van der Waals surface area contributed by atoms with Crippen molar-refractivity contribution in [2.24, 2.45) is 0 Å². The van der Waals surface area contributed by atoms with Crippen LogP contribution in [-0.2, 0) is 38.6 Å². The van der Waals surface area contributed by atoms with Crippen LogP contribution in [0.2, 0.25) is 0 Å². The molecule has 3 aromatic rings. The van der Waals surface area contributed by atoms with E-state index in [1.807, 2.05) is 42.5 Å². The fraction of sp³-hybridized carbons (Fsp3) is 0.419. The lowest BCUT2D eigenvalue weighted by atomic mass is 9.91. The number of carbonyl (C=O) groups is 2. The van der Waals surface area contributed by atoms with E-state index in [9.17, 15) is 9.59 Å². The predicted octanol–water partition coefficient (Wildman–Crippen LogP) is 4.58. The average Bonchev–Trinajstić information content (AvgIpc) is 3.52. The normalized spacial score (nSPS) is 17.6. The second-order valence-electron chi connectivity index (χ2n) is 9.99. The number of amides is 1. The van der Waals surface area contributed by atoms with Crippen molar-refractivity contribution >= 4 is 11.9 Å². The van der Waals surface area contributed by atoms with Gasteiger partial charge in [-0.05, 0) is 37.0 Å². The van der Waals surface area contributed by atoms with E-state index < -0.39 is 18.1 Å². The molecule has 2 atom stereocenters. The molecule has 5 rings (SSSR count). The van der Waals surface area contributed by atoms with Gasteiger partial charge in [0.2, 0.25) is 0 Å². The van der Waals surface area contributed by atoms with Gasteiger partial charge in [0.15, 0.2) is 17.6 Å². The van der Waals surface area contributed by atoms with E-state index in [0.717, 1.165) is 42.4 Å². The van der Waals surface area contributed by atoms with Crippen molar-refractivity contribution in [1.29, 1.82) is 0 Å². The maximum Gasteiger partial charge on any atom is 0.329 e. The van der Waals surface area contributed by atoms with E-state index >= 15 is 0 Å². The second kappa shape index (κ2) is 12.9. The fourth-order valence-corrected chi connectivity index (χ4v) is 5.44. The highest BCUT2D eigenvalue weighted by molar-refractivity contribution is 5.89. The Hall–Kier alpha value is -3.98. The van der Waals surface area contributed by atoms with Crippen LogP contribution in [0.25, 0.3) is 0 Å². The largest absolute Gasteiger partial charge is 0.493 e. The molecule has 1 saturated carbocycles. The molecule has 210 valence electrons. The molecule has 1 amide bonds. The lowest BCUT2D eigenvalue weighted by molar-refractivity contribution is -0.163. The maximum atomic E-state index is 14.3. The number of hydrogen-bond donors (Lipinski definition) is 0. The van der Waals surface area contributed by atoms with Gasteiger partial charge in [0.1, 0.15) is 12.6 Å². The number of benzene rings is 2. The van der Waals surface area contributed by atoms with Gasteiger partial charge in [-0.15, -0.1) is 0 Å². The van der Waals surface area contributed by atoms with Crippen LogP contribution in [0.4, 0.5) is 0 Å². The van der Waals surface area contributed by atoms with Gasteiger partial charge in [-0.25, -0.2) is 4.79 Å². The summed E-state index contributed by atoms with van der Waals surface area (Å²) < 4.78 is 23.7. The number of esters is 1. The number of ether oxygens (including phenoxy) is 4. The number of hydrogen-bond acceptors (Lipinski definition) is 8. The minimum absolute atomic E-state index is 0.0117. The molecule has 0 spiro atoms. The van der Waals surface area contributed by atoms with Crippen LogP contribution in [0.3, 0.4) is 0 Å².